The van der Waals surface area contributed by atoms with E-state index in [2.05, 4.69) is 34.4 Å². The summed E-state index contributed by atoms with van der Waals surface area (Å²) in [6, 6.07) is 8.81. The highest BCUT2D eigenvalue weighted by Crippen LogP contribution is 2.45. The lowest BCUT2D eigenvalue weighted by Gasteiger charge is -2.39. The summed E-state index contributed by atoms with van der Waals surface area (Å²) in [6.07, 6.45) is 3.38. The van der Waals surface area contributed by atoms with Crippen molar-refractivity contribution in [2.45, 2.75) is 51.2 Å². The molecule has 32 heavy (non-hydrogen) atoms. The molecule has 2 amide bonds. The van der Waals surface area contributed by atoms with Gasteiger partial charge in [0, 0.05) is 35.9 Å². The van der Waals surface area contributed by atoms with Crippen LogP contribution in [0.3, 0.4) is 0 Å². The van der Waals surface area contributed by atoms with E-state index < -0.39 is 0 Å². The van der Waals surface area contributed by atoms with Crippen molar-refractivity contribution in [1.29, 1.82) is 0 Å². The third-order valence-corrected chi connectivity index (χ3v) is 6.99. The van der Waals surface area contributed by atoms with Crippen molar-refractivity contribution in [1.82, 2.24) is 20.2 Å². The molecule has 8 heteroatoms. The molecule has 0 radical (unpaired) electrons. The number of aromatic nitrogens is 2. The Hall–Kier alpha value is -2.71. The number of benzene rings is 1. The molecule has 0 saturated carbocycles. The minimum absolute atomic E-state index is 0.201. The van der Waals surface area contributed by atoms with E-state index in [-0.39, 0.29) is 12.1 Å². The number of amides is 2. The first-order chi connectivity index (χ1) is 15.5. The maximum atomic E-state index is 11.8. The minimum atomic E-state index is -0.201. The molecule has 3 aliphatic rings. The number of nitrogens with one attached hydrogen (secondary N) is 2. The summed E-state index contributed by atoms with van der Waals surface area (Å²) < 4.78 is 5.69. The number of anilines is 2. The largest absolute Gasteiger partial charge is 0.377 e. The smallest absolute Gasteiger partial charge is 0.319 e. The zero-order valence-corrected chi connectivity index (χ0v) is 19.1. The molecule has 1 aromatic carbocycles. The van der Waals surface area contributed by atoms with E-state index in [1.807, 2.05) is 31.2 Å². The molecule has 0 spiro atoms. The van der Waals surface area contributed by atoms with Crippen LogP contribution >= 0.6 is 0 Å². The van der Waals surface area contributed by atoms with E-state index in [0.29, 0.717) is 18.6 Å². The summed E-state index contributed by atoms with van der Waals surface area (Å²) in [7, 11) is 2.23. The van der Waals surface area contributed by atoms with Gasteiger partial charge in [-0.2, -0.15) is 0 Å². The molecule has 2 bridgehead atoms. The molecule has 1 aromatic heterocycles. The third-order valence-electron chi connectivity index (χ3n) is 6.99. The Labute approximate surface area is 189 Å². The van der Waals surface area contributed by atoms with Crippen molar-refractivity contribution in [3.8, 4) is 11.4 Å². The van der Waals surface area contributed by atoms with Crippen LogP contribution in [0.25, 0.3) is 11.4 Å². The third kappa shape index (κ3) is 3.82. The number of carbonyl (C=O) groups is 1. The molecule has 8 nitrogen and oxygen atoms in total. The maximum absolute atomic E-state index is 11.8. The number of ether oxygens (including phenoxy) is 1. The molecular formula is C24H32N6O2. The minimum Gasteiger partial charge on any atom is -0.377 e. The molecule has 5 rings (SSSR count). The molecule has 170 valence electrons. The second kappa shape index (κ2) is 8.67. The van der Waals surface area contributed by atoms with Gasteiger partial charge < -0.3 is 20.3 Å². The summed E-state index contributed by atoms with van der Waals surface area (Å²) in [4.78, 5) is 26.9. The Morgan fingerprint density at radius 3 is 2.78 bits per heavy atom. The topological polar surface area (TPSA) is 82.6 Å². The highest BCUT2D eigenvalue weighted by molar-refractivity contribution is 5.89. The summed E-state index contributed by atoms with van der Waals surface area (Å²) in [5.74, 6) is 1.83. The fraction of sp³-hybridized carbons (Fsp3) is 0.542. The van der Waals surface area contributed by atoms with E-state index in [1.165, 1.54) is 17.7 Å². The molecule has 2 saturated heterocycles. The predicted molar refractivity (Wildman–Crippen MR) is 125 cm³/mol. The van der Waals surface area contributed by atoms with Crippen LogP contribution in [0.4, 0.5) is 16.3 Å². The highest BCUT2D eigenvalue weighted by Gasteiger charge is 2.41. The maximum Gasteiger partial charge on any atom is 0.319 e. The number of nitrogens with zero attached hydrogens (tertiary/aromatic N) is 4. The van der Waals surface area contributed by atoms with Crippen LogP contribution in [-0.4, -0.2) is 66.3 Å². The average molecular weight is 437 g/mol. The van der Waals surface area contributed by atoms with Gasteiger partial charge in [-0.25, -0.2) is 14.8 Å². The first-order valence-corrected chi connectivity index (χ1v) is 11.7. The fourth-order valence-corrected chi connectivity index (χ4v) is 5.23. The number of hydrogen-bond acceptors (Lipinski definition) is 6. The molecule has 3 aliphatic heterocycles. The second-order valence-corrected chi connectivity index (χ2v) is 9.03. The van der Waals surface area contributed by atoms with Crippen LogP contribution in [0, 0.1) is 0 Å². The van der Waals surface area contributed by atoms with Gasteiger partial charge in [0.2, 0.25) is 0 Å². The Bertz CT molecular complexity index is 995. The Balaban J connectivity index is 1.52. The van der Waals surface area contributed by atoms with Crippen molar-refractivity contribution in [3.63, 3.8) is 0 Å². The molecule has 0 aliphatic carbocycles. The van der Waals surface area contributed by atoms with Crippen molar-refractivity contribution in [3.05, 3.63) is 35.5 Å². The number of carbonyl (C=O) groups excluding carboxylic acids is 1. The second-order valence-electron chi connectivity index (χ2n) is 9.03. The lowest BCUT2D eigenvalue weighted by Crippen LogP contribution is -2.46. The first-order valence-electron chi connectivity index (χ1n) is 11.7. The van der Waals surface area contributed by atoms with Crippen LogP contribution in [0.15, 0.2) is 24.3 Å². The van der Waals surface area contributed by atoms with Crippen LogP contribution in [0.1, 0.15) is 44.0 Å². The quantitative estimate of drug-likeness (QED) is 0.766. The van der Waals surface area contributed by atoms with Crippen molar-refractivity contribution >= 4 is 17.5 Å². The van der Waals surface area contributed by atoms with Gasteiger partial charge in [-0.15, -0.1) is 0 Å². The average Bonchev–Trinajstić information content (AvgIpc) is 3.03. The molecule has 0 unspecified atom stereocenters. The molecular weight excluding hydrogens is 404 g/mol. The number of likely N-dealkylation sites (N-methyl/N-ethyl adjacent to an activating group) is 1. The normalized spacial score (nSPS) is 24.8. The number of rotatable bonds is 4. The van der Waals surface area contributed by atoms with Crippen LogP contribution in [0.5, 0.6) is 0 Å². The Kier molecular flexibility index (Phi) is 5.73. The number of hydrogen-bond donors (Lipinski definition) is 2. The van der Waals surface area contributed by atoms with Gasteiger partial charge in [0.15, 0.2) is 5.82 Å². The highest BCUT2D eigenvalue weighted by atomic mass is 16.5. The van der Waals surface area contributed by atoms with Gasteiger partial charge in [-0.05, 0) is 64.4 Å². The molecule has 2 N–H and O–H groups in total. The molecule has 2 aromatic rings. The van der Waals surface area contributed by atoms with Gasteiger partial charge >= 0.3 is 6.03 Å². The number of fused-ring (bicyclic) bond motifs is 4. The fourth-order valence-electron chi connectivity index (χ4n) is 5.23. The summed E-state index contributed by atoms with van der Waals surface area (Å²) in [5.41, 5.74) is 4.21. The van der Waals surface area contributed by atoms with Crippen LogP contribution in [-0.2, 0) is 11.2 Å². The van der Waals surface area contributed by atoms with E-state index in [4.69, 9.17) is 14.7 Å². The molecule has 3 atom stereocenters. The lowest BCUT2D eigenvalue weighted by atomic mass is 9.97. The van der Waals surface area contributed by atoms with Crippen molar-refractivity contribution in [2.24, 2.45) is 0 Å². The van der Waals surface area contributed by atoms with Crippen LogP contribution < -0.4 is 15.5 Å². The zero-order valence-electron chi connectivity index (χ0n) is 19.1. The van der Waals surface area contributed by atoms with Crippen molar-refractivity contribution < 1.29 is 9.53 Å². The predicted octanol–water partition coefficient (Wildman–Crippen LogP) is 3.20. The molecule has 4 heterocycles. The van der Waals surface area contributed by atoms with E-state index in [1.54, 1.807) is 0 Å². The van der Waals surface area contributed by atoms with Gasteiger partial charge in [0.1, 0.15) is 5.82 Å². The monoisotopic (exact) mass is 436 g/mol. The standard InChI is InChI=1S/C24H32N6O2/c1-4-25-24(31)26-17-7-5-16(6-8-17)22-27-21-19(13-18-9-10-20(21)29(18)3)23(28-22)30-11-12-32-14-15(30)2/h5-8,15,18,20H,4,9-14H2,1-3H3,(H2,25,26,31)/t15-,18-,20+/m0/s1. The Morgan fingerprint density at radius 1 is 1.22 bits per heavy atom. The van der Waals surface area contributed by atoms with Gasteiger partial charge in [-0.3, -0.25) is 4.90 Å². The molecule has 2 fully saturated rings. The van der Waals surface area contributed by atoms with Gasteiger partial charge in [0.25, 0.3) is 0 Å². The lowest BCUT2D eigenvalue weighted by molar-refractivity contribution is 0.0982. The summed E-state index contributed by atoms with van der Waals surface area (Å²) in [5, 5.41) is 5.59. The summed E-state index contributed by atoms with van der Waals surface area (Å²) >= 11 is 0. The van der Waals surface area contributed by atoms with Gasteiger partial charge in [0.05, 0.1) is 31.0 Å². The van der Waals surface area contributed by atoms with E-state index >= 15 is 0 Å². The SMILES string of the molecule is CCNC(=O)Nc1ccc(-c2nc3c(c(N4CCOC[C@@H]4C)n2)C[C@@H]2CC[C@H]3N2C)cc1. The number of urea groups is 1. The summed E-state index contributed by atoms with van der Waals surface area (Å²) in [6.45, 7) is 6.99. The zero-order chi connectivity index (χ0) is 22.2. The first kappa shape index (κ1) is 21.2. The van der Waals surface area contributed by atoms with Gasteiger partial charge in [-0.1, -0.05) is 0 Å². The van der Waals surface area contributed by atoms with Crippen molar-refractivity contribution in [2.75, 3.05) is 43.6 Å². The Morgan fingerprint density at radius 2 is 2.03 bits per heavy atom. The van der Waals surface area contributed by atoms with E-state index in [0.717, 1.165) is 55.5 Å². The van der Waals surface area contributed by atoms with E-state index in [9.17, 15) is 4.79 Å². The van der Waals surface area contributed by atoms with Crippen LogP contribution in [0.2, 0.25) is 0 Å². The number of morpholine rings is 1.